The SMILES string of the molecule is CCN(CC)C(=O)c1ccc(OCc2cn3cccc(C)c3n2)cc1. The number of nitrogens with zero attached hydrogens (tertiary/aromatic N) is 3. The van der Waals surface area contributed by atoms with Gasteiger partial charge in [-0.2, -0.15) is 0 Å². The van der Waals surface area contributed by atoms with Crippen LogP contribution in [0.25, 0.3) is 5.65 Å². The van der Waals surface area contributed by atoms with Crippen LogP contribution < -0.4 is 4.74 Å². The van der Waals surface area contributed by atoms with Crippen molar-refractivity contribution in [3.63, 3.8) is 0 Å². The monoisotopic (exact) mass is 337 g/mol. The second-order valence-electron chi connectivity index (χ2n) is 5.94. The molecular weight excluding hydrogens is 314 g/mol. The summed E-state index contributed by atoms with van der Waals surface area (Å²) in [5.41, 5.74) is 3.63. The lowest BCUT2D eigenvalue weighted by molar-refractivity contribution is 0.0773. The maximum absolute atomic E-state index is 12.3. The van der Waals surface area contributed by atoms with Crippen LogP contribution in [0.1, 0.15) is 35.5 Å². The number of benzene rings is 1. The smallest absolute Gasteiger partial charge is 0.253 e. The Morgan fingerprint density at radius 3 is 2.52 bits per heavy atom. The zero-order valence-corrected chi connectivity index (χ0v) is 14.9. The maximum Gasteiger partial charge on any atom is 0.253 e. The van der Waals surface area contributed by atoms with Crippen LogP contribution in [0.5, 0.6) is 5.75 Å². The van der Waals surface area contributed by atoms with Gasteiger partial charge in [-0.3, -0.25) is 4.79 Å². The summed E-state index contributed by atoms with van der Waals surface area (Å²) in [4.78, 5) is 18.7. The Hall–Kier alpha value is -2.82. The van der Waals surface area contributed by atoms with E-state index in [0.717, 1.165) is 22.7 Å². The largest absolute Gasteiger partial charge is 0.487 e. The van der Waals surface area contributed by atoms with E-state index in [-0.39, 0.29) is 5.91 Å². The van der Waals surface area contributed by atoms with Gasteiger partial charge in [0.1, 0.15) is 18.0 Å². The van der Waals surface area contributed by atoms with E-state index in [4.69, 9.17) is 4.74 Å². The summed E-state index contributed by atoms with van der Waals surface area (Å²) in [7, 11) is 0. The van der Waals surface area contributed by atoms with Gasteiger partial charge in [0.05, 0.1) is 5.69 Å². The summed E-state index contributed by atoms with van der Waals surface area (Å²) < 4.78 is 7.81. The van der Waals surface area contributed by atoms with E-state index >= 15 is 0 Å². The zero-order valence-electron chi connectivity index (χ0n) is 14.9. The normalized spacial score (nSPS) is 10.8. The van der Waals surface area contributed by atoms with Gasteiger partial charge in [-0.15, -0.1) is 0 Å². The van der Waals surface area contributed by atoms with Gasteiger partial charge in [0.15, 0.2) is 0 Å². The molecule has 0 aliphatic rings. The summed E-state index contributed by atoms with van der Waals surface area (Å²) in [6.07, 6.45) is 3.95. The van der Waals surface area contributed by atoms with Crippen molar-refractivity contribution in [3.05, 3.63) is 65.6 Å². The molecule has 1 amide bonds. The minimum Gasteiger partial charge on any atom is -0.487 e. The third-order valence-electron chi connectivity index (χ3n) is 4.27. The molecule has 0 fully saturated rings. The topological polar surface area (TPSA) is 46.8 Å². The molecule has 0 N–H and O–H groups in total. The van der Waals surface area contributed by atoms with Crippen molar-refractivity contribution in [1.29, 1.82) is 0 Å². The number of rotatable bonds is 6. The third kappa shape index (κ3) is 3.65. The molecule has 0 aliphatic heterocycles. The first-order chi connectivity index (χ1) is 12.1. The summed E-state index contributed by atoms with van der Waals surface area (Å²) in [6.45, 7) is 7.82. The lowest BCUT2D eigenvalue weighted by Gasteiger charge is -2.18. The first-order valence-corrected chi connectivity index (χ1v) is 8.57. The van der Waals surface area contributed by atoms with Crippen molar-refractivity contribution in [1.82, 2.24) is 14.3 Å². The van der Waals surface area contributed by atoms with Gasteiger partial charge in [0, 0.05) is 31.0 Å². The number of imidazole rings is 1. The number of hydrogen-bond acceptors (Lipinski definition) is 3. The van der Waals surface area contributed by atoms with Crippen molar-refractivity contribution in [3.8, 4) is 5.75 Å². The van der Waals surface area contributed by atoms with Gasteiger partial charge in [-0.25, -0.2) is 4.98 Å². The second-order valence-corrected chi connectivity index (χ2v) is 5.94. The fourth-order valence-corrected chi connectivity index (χ4v) is 2.82. The van der Waals surface area contributed by atoms with Crippen LogP contribution in [0.15, 0.2) is 48.8 Å². The standard InChI is InChI=1S/C20H23N3O2/c1-4-22(5-2)20(24)16-8-10-18(11-9-16)25-14-17-13-23-12-6-7-15(3)19(23)21-17/h6-13H,4-5,14H2,1-3H3. The third-order valence-corrected chi connectivity index (χ3v) is 4.27. The highest BCUT2D eigenvalue weighted by atomic mass is 16.5. The highest BCUT2D eigenvalue weighted by molar-refractivity contribution is 5.94. The molecular formula is C20H23N3O2. The first-order valence-electron chi connectivity index (χ1n) is 8.57. The summed E-state index contributed by atoms with van der Waals surface area (Å²) in [5, 5.41) is 0. The quantitative estimate of drug-likeness (QED) is 0.689. The van der Waals surface area contributed by atoms with Crippen LogP contribution in [0.2, 0.25) is 0 Å². The van der Waals surface area contributed by atoms with Crippen LogP contribution in [0.4, 0.5) is 0 Å². The van der Waals surface area contributed by atoms with E-state index in [0.29, 0.717) is 25.3 Å². The number of fused-ring (bicyclic) bond motifs is 1. The van der Waals surface area contributed by atoms with Gasteiger partial charge in [-0.1, -0.05) is 6.07 Å². The number of hydrogen-bond donors (Lipinski definition) is 0. The highest BCUT2D eigenvalue weighted by Crippen LogP contribution is 2.16. The molecule has 130 valence electrons. The Bertz CT molecular complexity index is 864. The Kier molecular flexibility index (Phi) is 5.03. The second kappa shape index (κ2) is 7.38. The van der Waals surface area contributed by atoms with Crippen LogP contribution >= 0.6 is 0 Å². The van der Waals surface area contributed by atoms with Crippen molar-refractivity contribution in [2.24, 2.45) is 0 Å². The molecule has 0 unspecified atom stereocenters. The molecule has 2 aromatic heterocycles. The molecule has 0 bridgehead atoms. The van der Waals surface area contributed by atoms with E-state index < -0.39 is 0 Å². The van der Waals surface area contributed by atoms with Crippen molar-refractivity contribution < 1.29 is 9.53 Å². The van der Waals surface area contributed by atoms with Crippen molar-refractivity contribution in [2.45, 2.75) is 27.4 Å². The van der Waals surface area contributed by atoms with Crippen molar-refractivity contribution in [2.75, 3.05) is 13.1 Å². The molecule has 0 spiro atoms. The average Bonchev–Trinajstić information content (AvgIpc) is 3.06. The molecule has 5 heteroatoms. The number of carbonyl (C=O) groups excluding carboxylic acids is 1. The summed E-state index contributed by atoms with van der Waals surface area (Å²) >= 11 is 0. The Morgan fingerprint density at radius 2 is 1.88 bits per heavy atom. The minimum atomic E-state index is 0.0485. The van der Waals surface area contributed by atoms with Gasteiger partial charge < -0.3 is 14.0 Å². The lowest BCUT2D eigenvalue weighted by Crippen LogP contribution is -2.30. The molecule has 0 radical (unpaired) electrons. The van der Waals surface area contributed by atoms with E-state index in [1.54, 1.807) is 4.90 Å². The molecule has 3 rings (SSSR count). The van der Waals surface area contributed by atoms with Crippen LogP contribution in [-0.2, 0) is 6.61 Å². The molecule has 25 heavy (non-hydrogen) atoms. The Labute approximate surface area is 147 Å². The molecule has 0 saturated heterocycles. The molecule has 0 saturated carbocycles. The number of aryl methyl sites for hydroxylation is 1. The number of carbonyl (C=O) groups is 1. The highest BCUT2D eigenvalue weighted by Gasteiger charge is 2.12. The van der Waals surface area contributed by atoms with Crippen LogP contribution in [0.3, 0.4) is 0 Å². The summed E-state index contributed by atoms with van der Waals surface area (Å²) in [6, 6.07) is 11.3. The Morgan fingerprint density at radius 1 is 1.16 bits per heavy atom. The van der Waals surface area contributed by atoms with E-state index in [9.17, 15) is 4.79 Å². The van der Waals surface area contributed by atoms with Gasteiger partial charge >= 0.3 is 0 Å². The first kappa shape index (κ1) is 17.0. The molecule has 0 atom stereocenters. The predicted molar refractivity (Wildman–Crippen MR) is 98.0 cm³/mol. The fourth-order valence-electron chi connectivity index (χ4n) is 2.82. The molecule has 1 aromatic carbocycles. The minimum absolute atomic E-state index is 0.0485. The molecule has 0 aliphatic carbocycles. The number of ether oxygens (including phenoxy) is 1. The molecule has 2 heterocycles. The van der Waals surface area contributed by atoms with Gasteiger partial charge in [0.25, 0.3) is 5.91 Å². The molecule has 3 aromatic rings. The van der Waals surface area contributed by atoms with Crippen LogP contribution in [-0.4, -0.2) is 33.3 Å². The lowest BCUT2D eigenvalue weighted by atomic mass is 10.2. The van der Waals surface area contributed by atoms with Gasteiger partial charge in [0.2, 0.25) is 0 Å². The number of amides is 1. The molecule has 5 nitrogen and oxygen atoms in total. The van der Waals surface area contributed by atoms with E-state index in [1.165, 1.54) is 0 Å². The maximum atomic E-state index is 12.3. The van der Waals surface area contributed by atoms with E-state index in [2.05, 4.69) is 4.98 Å². The number of pyridine rings is 1. The Balaban J connectivity index is 1.67. The fraction of sp³-hybridized carbons (Fsp3) is 0.300. The number of aromatic nitrogens is 2. The van der Waals surface area contributed by atoms with Crippen LogP contribution in [0, 0.1) is 6.92 Å². The predicted octanol–water partition coefficient (Wildman–Crippen LogP) is 3.70. The zero-order chi connectivity index (χ0) is 17.8. The van der Waals surface area contributed by atoms with Gasteiger partial charge in [-0.05, 0) is 56.7 Å². The summed E-state index contributed by atoms with van der Waals surface area (Å²) in [5.74, 6) is 0.775. The van der Waals surface area contributed by atoms with Crippen molar-refractivity contribution >= 4 is 11.6 Å². The average molecular weight is 337 g/mol. The van der Waals surface area contributed by atoms with E-state index in [1.807, 2.05) is 74.0 Å².